The highest BCUT2D eigenvalue weighted by Gasteiger charge is 2.46. The molecule has 21 heteroatoms. The van der Waals surface area contributed by atoms with E-state index in [1.54, 1.807) is 12.4 Å². The molecule has 0 spiro atoms. The number of carbonyl (C=O) groups excluding carboxylic acids is 4. The molecule has 0 unspecified atom stereocenters. The molecule has 67 heavy (non-hydrogen) atoms. The van der Waals surface area contributed by atoms with Crippen LogP contribution in [0.15, 0.2) is 73.1 Å². The Morgan fingerprint density at radius 3 is 1.63 bits per heavy atom. The first-order chi connectivity index (χ1) is 31.3. The summed E-state index contributed by atoms with van der Waals surface area (Å²) >= 11 is 0. The molecule has 0 aliphatic carbocycles. The van der Waals surface area contributed by atoms with E-state index in [9.17, 15) is 41.1 Å². The number of rotatable bonds is 15. The summed E-state index contributed by atoms with van der Waals surface area (Å²) in [4.78, 5) is 52.5. The lowest BCUT2D eigenvalue weighted by atomic mass is 9.91. The first kappa shape index (κ1) is 50.6. The average Bonchev–Trinajstić information content (AvgIpc) is 4.03. The molecule has 1 saturated heterocycles. The van der Waals surface area contributed by atoms with Gasteiger partial charge in [-0.05, 0) is 88.4 Å². The van der Waals surface area contributed by atoms with Crippen LogP contribution in [-0.2, 0) is 63.0 Å². The van der Waals surface area contributed by atoms with Crippen molar-refractivity contribution in [3.8, 4) is 23.0 Å². The van der Waals surface area contributed by atoms with Crippen molar-refractivity contribution in [1.29, 1.82) is 0 Å². The Bertz CT molecular complexity index is 2840. The van der Waals surface area contributed by atoms with E-state index in [1.807, 2.05) is 81.4 Å². The van der Waals surface area contributed by atoms with Crippen LogP contribution in [-0.4, -0.2) is 130 Å². The maximum atomic E-state index is 12.8. The monoisotopic (exact) mass is 964 g/mol. The molecule has 3 aliphatic rings. The molecule has 0 saturated carbocycles. The number of ether oxygens (including phenoxy) is 2. The van der Waals surface area contributed by atoms with Gasteiger partial charge in [0.2, 0.25) is 0 Å². The molecule has 2 atom stereocenters. The molecule has 2 aromatic heterocycles. The lowest BCUT2D eigenvalue weighted by Gasteiger charge is -2.36. The standard InChI is InChI=1S/C25H31N3O6S.C21H25N3O7S/c1-6-34-24(2,3)20-11-9-18(10-12-20)7-8-19-15-21-17-27(23(30)28(21)16-19)14-13-25(4,22(29)26-31)35(5,32)33;1-20(18(25)22-28,32(2,29)30)7-8-23-11-17-9-15(10-24(17)19(23)26)14-3-5-16(6-4-14)21(27)12-31-13-21/h9-12,15-16,31H,6,13-14,17H2,1-5H3,(H,26,29);3-6,9-10,27-28H,7-8,11-13H2,1-2H3,(H,22,25)/t25-;20-/m11/s1. The lowest BCUT2D eigenvalue weighted by Crippen LogP contribution is -2.50. The van der Waals surface area contributed by atoms with Gasteiger partial charge in [-0.2, -0.15) is 0 Å². The highest BCUT2D eigenvalue weighted by Crippen LogP contribution is 2.33. The van der Waals surface area contributed by atoms with Gasteiger partial charge in [0, 0.05) is 72.7 Å². The summed E-state index contributed by atoms with van der Waals surface area (Å²) in [6, 6.07) is 18.3. The summed E-state index contributed by atoms with van der Waals surface area (Å²) in [5.41, 5.74) is 8.07. The average molecular weight is 965 g/mol. The maximum Gasteiger partial charge on any atom is 0.328 e. The fraction of sp³-hybridized carbons (Fsp3) is 0.435. The van der Waals surface area contributed by atoms with Crippen molar-refractivity contribution in [3.63, 3.8) is 0 Å². The second kappa shape index (κ2) is 19.0. The van der Waals surface area contributed by atoms with Gasteiger partial charge in [-0.1, -0.05) is 48.2 Å². The van der Waals surface area contributed by atoms with Crippen LogP contribution >= 0.6 is 0 Å². The predicted molar refractivity (Wildman–Crippen MR) is 244 cm³/mol. The van der Waals surface area contributed by atoms with E-state index < -0.39 is 46.6 Å². The molecule has 5 heterocycles. The third-order valence-corrected chi connectivity index (χ3v) is 16.9. The first-order valence-electron chi connectivity index (χ1n) is 21.3. The van der Waals surface area contributed by atoms with E-state index in [0.717, 1.165) is 51.7 Å². The van der Waals surface area contributed by atoms with Crippen molar-refractivity contribution in [3.05, 3.63) is 107 Å². The third-order valence-electron chi connectivity index (χ3n) is 12.9. The van der Waals surface area contributed by atoms with Crippen molar-refractivity contribution in [1.82, 2.24) is 29.9 Å². The Labute approximate surface area is 389 Å². The number of nitrogens with one attached hydrogen (secondary N) is 2. The van der Waals surface area contributed by atoms with Gasteiger partial charge in [0.1, 0.15) is 5.60 Å². The summed E-state index contributed by atoms with van der Waals surface area (Å²) in [7, 11) is -7.67. The van der Waals surface area contributed by atoms with E-state index >= 15 is 0 Å². The first-order valence-corrected chi connectivity index (χ1v) is 25.1. The van der Waals surface area contributed by atoms with Crippen LogP contribution in [0, 0.1) is 11.8 Å². The number of nitrogens with zero attached hydrogens (tertiary/aromatic N) is 4. The number of benzene rings is 2. The highest BCUT2D eigenvalue weighted by molar-refractivity contribution is 7.93. The number of hydrogen-bond acceptors (Lipinski definition) is 13. The molecular weight excluding hydrogens is 909 g/mol. The number of hydroxylamine groups is 2. The molecule has 0 radical (unpaired) electrons. The number of aromatic nitrogens is 2. The summed E-state index contributed by atoms with van der Waals surface area (Å²) < 4.78 is 58.6. The molecule has 1 fully saturated rings. The lowest BCUT2D eigenvalue weighted by molar-refractivity contribution is -0.184. The van der Waals surface area contributed by atoms with Gasteiger partial charge in [-0.15, -0.1) is 0 Å². The third kappa shape index (κ3) is 10.2. The topological polar surface area (TPSA) is 256 Å². The summed E-state index contributed by atoms with van der Waals surface area (Å²) in [6.07, 6.45) is 4.90. The van der Waals surface area contributed by atoms with Crippen molar-refractivity contribution >= 4 is 43.6 Å². The van der Waals surface area contributed by atoms with Crippen molar-refractivity contribution < 1.29 is 61.0 Å². The van der Waals surface area contributed by atoms with E-state index in [2.05, 4.69) is 11.8 Å². The summed E-state index contributed by atoms with van der Waals surface area (Å²) in [5.74, 6) is 4.12. The SMILES string of the molecule is CCOC(C)(C)c1ccc(C#Cc2cc3n(c2)C(=O)N(CC[C@](C)(C(=O)NO)S(C)(=O)=O)C3)cc1.C[C@@](CCN1Cc2cc(-c3ccc(C4(O)COC4)cc3)cn2C1=O)(C(=O)NO)S(C)(=O)=O. The number of hydrogen-bond donors (Lipinski definition) is 5. The van der Waals surface area contributed by atoms with Gasteiger partial charge >= 0.3 is 12.1 Å². The van der Waals surface area contributed by atoms with E-state index in [4.69, 9.17) is 19.9 Å². The van der Waals surface area contributed by atoms with E-state index in [0.29, 0.717) is 12.2 Å². The Balaban J connectivity index is 0.000000222. The van der Waals surface area contributed by atoms with Crippen molar-refractivity contribution in [2.24, 2.45) is 0 Å². The number of aliphatic hydroxyl groups is 1. The predicted octanol–water partition coefficient (Wildman–Crippen LogP) is 3.50. The van der Waals surface area contributed by atoms with Gasteiger partial charge in [0.25, 0.3) is 11.8 Å². The number of amides is 4. The van der Waals surface area contributed by atoms with Crippen LogP contribution in [0.5, 0.6) is 0 Å². The zero-order chi connectivity index (χ0) is 49.3. The highest BCUT2D eigenvalue weighted by atomic mass is 32.2. The minimum atomic E-state index is -3.84. The van der Waals surface area contributed by atoms with Gasteiger partial charge in [-0.25, -0.2) is 37.4 Å². The van der Waals surface area contributed by atoms with Gasteiger partial charge in [0.15, 0.2) is 29.2 Å². The molecule has 5 N–H and O–H groups in total. The molecule has 3 aliphatic heterocycles. The molecule has 2 aromatic carbocycles. The summed E-state index contributed by atoms with van der Waals surface area (Å²) in [5, 5.41) is 28.2. The maximum absolute atomic E-state index is 12.8. The van der Waals surface area contributed by atoms with Crippen molar-refractivity contribution in [2.45, 2.75) is 81.2 Å². The molecule has 19 nitrogen and oxygen atoms in total. The zero-order valence-electron chi connectivity index (χ0n) is 38.3. The fourth-order valence-electron chi connectivity index (χ4n) is 7.87. The van der Waals surface area contributed by atoms with Crippen LogP contribution in [0.3, 0.4) is 0 Å². The fourth-order valence-corrected chi connectivity index (χ4v) is 9.56. The minimum Gasteiger partial charge on any atom is -0.380 e. The molecule has 7 rings (SSSR count). The van der Waals surface area contributed by atoms with Gasteiger partial charge < -0.3 is 24.4 Å². The quantitative estimate of drug-likeness (QED) is 0.0651. The number of fused-ring (bicyclic) bond motifs is 2. The largest absolute Gasteiger partial charge is 0.380 e. The number of carbonyl (C=O) groups is 4. The Morgan fingerprint density at radius 1 is 0.731 bits per heavy atom. The van der Waals surface area contributed by atoms with E-state index in [-0.39, 0.29) is 69.9 Å². The Kier molecular flexibility index (Phi) is 14.4. The second-order valence-corrected chi connectivity index (χ2v) is 22.7. The second-order valence-electron chi connectivity index (χ2n) is 17.8. The Hall–Kier alpha value is -5.86. The van der Waals surface area contributed by atoms with Crippen molar-refractivity contribution in [2.75, 3.05) is 45.4 Å². The van der Waals surface area contributed by atoms with Crippen LogP contribution in [0.4, 0.5) is 9.59 Å². The summed E-state index contributed by atoms with van der Waals surface area (Å²) in [6.45, 7) is 10.2. The molecule has 360 valence electrons. The van der Waals surface area contributed by atoms with Gasteiger partial charge in [-0.3, -0.25) is 29.1 Å². The normalized spacial score (nSPS) is 17.2. The molecule has 4 amide bonds. The van der Waals surface area contributed by atoms with E-state index in [1.165, 1.54) is 43.7 Å². The molecular formula is C46H56N6O13S2. The number of sulfone groups is 2. The Morgan fingerprint density at radius 2 is 1.21 bits per heavy atom. The molecule has 4 aromatic rings. The molecule has 0 bridgehead atoms. The van der Waals surface area contributed by atoms with Crippen LogP contribution in [0.1, 0.15) is 81.1 Å². The minimum absolute atomic E-state index is 0.0299. The van der Waals surface area contributed by atoms with Gasteiger partial charge in [0.05, 0.1) is 31.9 Å². The van der Waals surface area contributed by atoms with Crippen LogP contribution < -0.4 is 11.0 Å². The van der Waals surface area contributed by atoms with Crippen LogP contribution in [0.2, 0.25) is 0 Å². The smallest absolute Gasteiger partial charge is 0.328 e. The van der Waals surface area contributed by atoms with Crippen LogP contribution in [0.25, 0.3) is 11.1 Å². The zero-order valence-corrected chi connectivity index (χ0v) is 40.0.